The topological polar surface area (TPSA) is 94.2 Å². The van der Waals surface area contributed by atoms with Gasteiger partial charge in [-0.15, -0.1) is 0 Å². The number of aromatic nitrogens is 1. The fourth-order valence-electron chi connectivity index (χ4n) is 7.69. The number of Topliss-reactive ketones (excluding diaryl/α,β-unsaturated/α-hetero) is 1. The second kappa shape index (κ2) is 21.9. The maximum absolute atomic E-state index is 14.0. The molecule has 0 radical (unpaired) electrons. The Morgan fingerprint density at radius 3 is 1.96 bits per heavy atom. The van der Waals surface area contributed by atoms with Gasteiger partial charge >= 0.3 is 5.89 Å². The van der Waals surface area contributed by atoms with Gasteiger partial charge in [0.1, 0.15) is 11.6 Å². The lowest BCUT2D eigenvalue weighted by atomic mass is 9.77. The molecular formula is C47H61N4O3+. The quantitative estimate of drug-likeness (QED) is 0.0308. The predicted molar refractivity (Wildman–Crippen MR) is 219 cm³/mol. The van der Waals surface area contributed by atoms with Gasteiger partial charge in [0.25, 0.3) is 5.52 Å². The molecule has 5 rings (SSSR count). The van der Waals surface area contributed by atoms with E-state index in [4.69, 9.17) is 14.6 Å². The molecule has 0 spiro atoms. The number of oxazole rings is 1. The van der Waals surface area contributed by atoms with Crippen molar-refractivity contribution in [2.75, 3.05) is 11.4 Å². The first-order valence-electron chi connectivity index (χ1n) is 21.0. The Labute approximate surface area is 323 Å². The van der Waals surface area contributed by atoms with Gasteiger partial charge in [0.05, 0.1) is 11.8 Å². The van der Waals surface area contributed by atoms with E-state index in [0.29, 0.717) is 28.5 Å². The number of fused-ring (bicyclic) bond motifs is 2. The average Bonchev–Trinajstić information content (AvgIpc) is 3.73. The van der Waals surface area contributed by atoms with Gasteiger partial charge in [-0.3, -0.25) is 10.2 Å². The highest BCUT2D eigenvalue weighted by Gasteiger charge is 2.38. The van der Waals surface area contributed by atoms with Crippen LogP contribution in [0.25, 0.3) is 17.2 Å². The third-order valence-corrected chi connectivity index (χ3v) is 10.8. The van der Waals surface area contributed by atoms with Crippen molar-refractivity contribution in [1.82, 2.24) is 0 Å². The third kappa shape index (κ3) is 10.7. The second-order valence-electron chi connectivity index (χ2n) is 14.9. The fourth-order valence-corrected chi connectivity index (χ4v) is 7.69. The first-order chi connectivity index (χ1) is 26.6. The molecule has 1 N–H and O–H groups in total. The minimum atomic E-state index is -0.204. The summed E-state index contributed by atoms with van der Waals surface area (Å²) in [5.74, 6) is 3.97. The Kier molecular flexibility index (Phi) is 16.4. The van der Waals surface area contributed by atoms with Crippen LogP contribution < -0.4 is 14.2 Å². The largest absolute Gasteiger partial charge is 0.439 e. The molecular weight excluding hydrogens is 669 g/mol. The SMILES string of the molecule is CCCCCCCCCCCCN1C(=CC2=C(C(=C=N)C#N)C(=Cc3oc4ccccc4[n+]3CCCCCCCCCCCC)C2=O)Oc2ccccc21. The Morgan fingerprint density at radius 2 is 1.33 bits per heavy atom. The minimum absolute atomic E-state index is 0.0156. The van der Waals surface area contributed by atoms with Crippen molar-refractivity contribution >= 4 is 34.5 Å². The highest BCUT2D eigenvalue weighted by Crippen LogP contribution is 2.42. The lowest BCUT2D eigenvalue weighted by Crippen LogP contribution is -2.36. The van der Waals surface area contributed by atoms with E-state index in [0.717, 1.165) is 61.3 Å². The van der Waals surface area contributed by atoms with Crippen molar-refractivity contribution in [3.05, 3.63) is 88.7 Å². The first kappa shape index (κ1) is 40.5. The lowest BCUT2D eigenvalue weighted by molar-refractivity contribution is -0.678. The number of aryl methyl sites for hydroxylation is 1. The predicted octanol–water partition coefficient (Wildman–Crippen LogP) is 12.3. The number of carbonyl (C=O) groups excluding carboxylic acids is 1. The van der Waals surface area contributed by atoms with Crippen LogP contribution in [0.15, 0.2) is 87.2 Å². The molecule has 0 atom stereocenters. The van der Waals surface area contributed by atoms with E-state index < -0.39 is 0 Å². The van der Waals surface area contributed by atoms with Crippen molar-refractivity contribution in [2.45, 2.75) is 149 Å². The second-order valence-corrected chi connectivity index (χ2v) is 14.9. The van der Waals surface area contributed by atoms with E-state index in [1.165, 1.54) is 103 Å². The molecule has 3 aromatic rings. The van der Waals surface area contributed by atoms with Gasteiger partial charge in [-0.1, -0.05) is 147 Å². The number of rotatable bonds is 25. The highest BCUT2D eigenvalue weighted by atomic mass is 16.5. The van der Waals surface area contributed by atoms with Crippen LogP contribution >= 0.6 is 0 Å². The number of allylic oxidation sites excluding steroid dienone is 5. The zero-order valence-electron chi connectivity index (χ0n) is 32.9. The summed E-state index contributed by atoms with van der Waals surface area (Å²) in [5, 5.41) is 18.0. The maximum atomic E-state index is 14.0. The molecule has 2 heterocycles. The number of nitrogens with zero attached hydrogens (tertiary/aromatic N) is 3. The van der Waals surface area contributed by atoms with Crippen LogP contribution in [-0.2, 0) is 11.3 Å². The standard InChI is InChI=1S/C47H61N4O3/c1-3-5-7-9-11-13-15-17-19-25-31-50-40-27-21-23-29-42(40)53-44(50)33-38-46(37(35-48)36-49)39(47(38)52)34-45-51(41-28-22-24-30-43(41)54-45)32-26-20-18-16-14-12-10-8-6-4-2/h21-24,27-30,33-34,48H,3-20,25-26,31-32H2,1-2H3/q+1. The minimum Gasteiger partial charge on any atom is -0.439 e. The van der Waals surface area contributed by atoms with Gasteiger partial charge in [-0.2, -0.15) is 9.83 Å². The van der Waals surface area contributed by atoms with Crippen LogP contribution in [0.2, 0.25) is 0 Å². The number of nitrogens with one attached hydrogen (secondary N) is 1. The van der Waals surface area contributed by atoms with E-state index in [2.05, 4.69) is 35.3 Å². The summed E-state index contributed by atoms with van der Waals surface area (Å²) in [5.41, 5.74) is 3.83. The van der Waals surface area contributed by atoms with Crippen LogP contribution in [0.4, 0.5) is 5.69 Å². The number of ketones is 1. The summed E-state index contributed by atoms with van der Waals surface area (Å²) in [6.45, 7) is 6.05. The van der Waals surface area contributed by atoms with Crippen molar-refractivity contribution in [2.24, 2.45) is 0 Å². The molecule has 286 valence electrons. The Bertz CT molecular complexity index is 1880. The monoisotopic (exact) mass is 729 g/mol. The van der Waals surface area contributed by atoms with Crippen molar-refractivity contribution in [3.8, 4) is 11.8 Å². The van der Waals surface area contributed by atoms with Crippen molar-refractivity contribution in [1.29, 1.82) is 10.7 Å². The number of hydrogen-bond donors (Lipinski definition) is 1. The molecule has 2 aliphatic rings. The number of unbranched alkanes of at least 4 members (excludes halogenated alkanes) is 18. The number of carbonyl (C=O) groups is 1. The average molecular weight is 730 g/mol. The maximum Gasteiger partial charge on any atom is 0.374 e. The summed E-state index contributed by atoms with van der Waals surface area (Å²) in [4.78, 5) is 16.1. The van der Waals surface area contributed by atoms with Gasteiger partial charge in [0.15, 0.2) is 18.1 Å². The molecule has 0 saturated carbocycles. The van der Waals surface area contributed by atoms with Crippen LogP contribution in [-0.4, -0.2) is 18.2 Å². The number of nitriles is 1. The fraction of sp³-hybridized carbons (Fsp3) is 0.511. The van der Waals surface area contributed by atoms with E-state index in [1.54, 1.807) is 12.2 Å². The molecule has 2 aromatic carbocycles. The number of para-hydroxylation sites is 4. The molecule has 7 heteroatoms. The molecule has 0 saturated heterocycles. The van der Waals surface area contributed by atoms with Gasteiger partial charge in [0, 0.05) is 41.8 Å². The zero-order chi connectivity index (χ0) is 38.0. The van der Waals surface area contributed by atoms with E-state index in [9.17, 15) is 10.1 Å². The molecule has 0 fully saturated rings. The first-order valence-corrected chi connectivity index (χ1v) is 21.0. The van der Waals surface area contributed by atoms with Crippen LogP contribution in [0.1, 0.15) is 148 Å². The van der Waals surface area contributed by atoms with E-state index in [1.807, 2.05) is 48.5 Å². The van der Waals surface area contributed by atoms with Crippen LogP contribution in [0.3, 0.4) is 0 Å². The van der Waals surface area contributed by atoms with Crippen LogP contribution in [0, 0.1) is 16.7 Å². The summed E-state index contributed by atoms with van der Waals surface area (Å²) < 4.78 is 14.8. The zero-order valence-corrected chi connectivity index (χ0v) is 32.9. The number of benzene rings is 2. The van der Waals surface area contributed by atoms with Gasteiger partial charge < -0.3 is 14.1 Å². The molecule has 7 nitrogen and oxygen atoms in total. The summed E-state index contributed by atoms with van der Waals surface area (Å²) in [6, 6.07) is 18.0. The molecule has 1 aliphatic heterocycles. The molecule has 1 aliphatic carbocycles. The summed E-state index contributed by atoms with van der Waals surface area (Å²) >= 11 is 0. The smallest absolute Gasteiger partial charge is 0.374 e. The molecule has 1 aromatic heterocycles. The number of anilines is 1. The molecule has 54 heavy (non-hydrogen) atoms. The normalized spacial score (nSPS) is 15.1. The van der Waals surface area contributed by atoms with Crippen molar-refractivity contribution in [3.63, 3.8) is 0 Å². The van der Waals surface area contributed by atoms with Gasteiger partial charge in [-0.05, 0) is 36.9 Å². The highest BCUT2D eigenvalue weighted by molar-refractivity contribution is 6.26. The summed E-state index contributed by atoms with van der Waals surface area (Å²) in [7, 11) is 0. The molecule has 0 amide bonds. The Balaban J connectivity index is 1.31. The number of ether oxygens (including phenoxy) is 1. The third-order valence-electron chi connectivity index (χ3n) is 10.8. The molecule has 0 bridgehead atoms. The van der Waals surface area contributed by atoms with Crippen LogP contribution in [0.5, 0.6) is 5.75 Å². The lowest BCUT2D eigenvalue weighted by Gasteiger charge is -2.24. The molecule has 0 unspecified atom stereocenters. The summed E-state index contributed by atoms with van der Waals surface area (Å²) in [6.07, 6.45) is 28.6. The van der Waals surface area contributed by atoms with Gasteiger partial charge in [0.2, 0.25) is 11.5 Å². The van der Waals surface area contributed by atoms with Crippen molar-refractivity contribution < 1.29 is 18.5 Å². The Hall–Kier alpha value is -4.66. The van der Waals surface area contributed by atoms with E-state index >= 15 is 0 Å². The van der Waals surface area contributed by atoms with Gasteiger partial charge in [-0.25, -0.2) is 0 Å². The van der Waals surface area contributed by atoms with E-state index in [-0.39, 0.29) is 11.4 Å². The Morgan fingerprint density at radius 1 is 0.759 bits per heavy atom. The number of hydrogen-bond acceptors (Lipinski definition) is 6.